The van der Waals surface area contributed by atoms with E-state index in [1.807, 2.05) is 61.5 Å². The number of carbonyl (C=O) groups is 4. The number of rotatable bonds is 11. The smallest absolute Gasteiger partial charge is 0.261 e. The van der Waals surface area contributed by atoms with Gasteiger partial charge in [-0.25, -0.2) is 0 Å². The lowest BCUT2D eigenvalue weighted by atomic mass is 10.0. The number of hydrogen-bond acceptors (Lipinski definition) is 4. The number of nitrogens with one attached hydrogen (secondary N) is 1. The second-order valence-corrected chi connectivity index (χ2v) is 10.1. The second kappa shape index (κ2) is 12.6. The van der Waals surface area contributed by atoms with Gasteiger partial charge >= 0.3 is 0 Å². The molecule has 38 heavy (non-hydrogen) atoms. The van der Waals surface area contributed by atoms with Gasteiger partial charge in [-0.3, -0.25) is 24.1 Å². The summed E-state index contributed by atoms with van der Waals surface area (Å²) >= 11 is 3.48. The van der Waals surface area contributed by atoms with Crippen LogP contribution in [-0.4, -0.2) is 52.6 Å². The van der Waals surface area contributed by atoms with Crippen molar-refractivity contribution in [1.29, 1.82) is 0 Å². The molecule has 0 saturated heterocycles. The largest absolute Gasteiger partial charge is 0.355 e. The van der Waals surface area contributed by atoms with Crippen LogP contribution < -0.4 is 5.32 Å². The Morgan fingerprint density at radius 2 is 1.53 bits per heavy atom. The highest BCUT2D eigenvalue weighted by molar-refractivity contribution is 9.10. The van der Waals surface area contributed by atoms with Crippen LogP contribution in [0.4, 0.5) is 0 Å². The highest BCUT2D eigenvalue weighted by Crippen LogP contribution is 2.23. The summed E-state index contributed by atoms with van der Waals surface area (Å²) in [7, 11) is 0. The van der Waals surface area contributed by atoms with Gasteiger partial charge in [-0.15, -0.1) is 0 Å². The zero-order valence-electron chi connectivity index (χ0n) is 21.2. The van der Waals surface area contributed by atoms with Gasteiger partial charge in [0.2, 0.25) is 11.8 Å². The molecule has 0 aromatic heterocycles. The average molecular weight is 576 g/mol. The van der Waals surface area contributed by atoms with Crippen LogP contribution in [0, 0.1) is 0 Å². The van der Waals surface area contributed by atoms with Crippen molar-refractivity contribution in [2.45, 2.75) is 38.8 Å². The Morgan fingerprint density at radius 1 is 0.895 bits per heavy atom. The van der Waals surface area contributed by atoms with Crippen LogP contribution >= 0.6 is 15.9 Å². The summed E-state index contributed by atoms with van der Waals surface area (Å²) in [6, 6.07) is 23.3. The fraction of sp³-hybridized carbons (Fsp3) is 0.267. The van der Waals surface area contributed by atoms with Crippen molar-refractivity contribution in [1.82, 2.24) is 15.1 Å². The SMILES string of the molecule is CCNC(=O)[C@@H](Cc1ccccc1)N(Cc1cccc(Br)c1)C(=O)CCCN1C(=O)c2ccccc2C1=O. The van der Waals surface area contributed by atoms with Crippen LogP contribution in [0.1, 0.15) is 51.6 Å². The van der Waals surface area contributed by atoms with E-state index in [0.717, 1.165) is 15.6 Å². The van der Waals surface area contributed by atoms with E-state index < -0.39 is 6.04 Å². The highest BCUT2D eigenvalue weighted by Gasteiger charge is 2.35. The third kappa shape index (κ3) is 6.37. The standard InChI is InChI=1S/C30H30BrN3O4/c1-2-32-28(36)26(19-21-10-4-3-5-11-21)34(20-22-12-8-13-23(31)18-22)27(35)16-9-17-33-29(37)24-14-6-7-15-25(24)30(33)38/h3-8,10-15,18,26H,2,9,16-17,19-20H2,1H3,(H,32,36)/t26-/m1/s1. The summed E-state index contributed by atoms with van der Waals surface area (Å²) in [6.45, 7) is 2.68. The van der Waals surface area contributed by atoms with E-state index in [2.05, 4.69) is 21.2 Å². The number of nitrogens with zero attached hydrogens (tertiary/aromatic N) is 2. The van der Waals surface area contributed by atoms with Crippen molar-refractivity contribution >= 4 is 39.6 Å². The number of fused-ring (bicyclic) bond motifs is 1. The quantitative estimate of drug-likeness (QED) is 0.338. The molecule has 1 aliphatic heterocycles. The van der Waals surface area contributed by atoms with Crippen LogP contribution in [0.15, 0.2) is 83.3 Å². The summed E-state index contributed by atoms with van der Waals surface area (Å²) < 4.78 is 0.880. The van der Waals surface area contributed by atoms with Crippen LogP contribution in [0.5, 0.6) is 0 Å². The molecule has 3 aromatic carbocycles. The fourth-order valence-electron chi connectivity index (χ4n) is 4.65. The molecule has 8 heteroatoms. The van der Waals surface area contributed by atoms with Gasteiger partial charge in [0.05, 0.1) is 11.1 Å². The van der Waals surface area contributed by atoms with E-state index in [4.69, 9.17) is 0 Å². The number of amides is 4. The van der Waals surface area contributed by atoms with Crippen molar-refractivity contribution < 1.29 is 19.2 Å². The van der Waals surface area contributed by atoms with Crippen LogP contribution in [0.25, 0.3) is 0 Å². The van der Waals surface area contributed by atoms with Crippen LogP contribution in [-0.2, 0) is 22.6 Å². The maximum atomic E-state index is 13.7. The van der Waals surface area contributed by atoms with E-state index >= 15 is 0 Å². The summed E-state index contributed by atoms with van der Waals surface area (Å²) in [5.41, 5.74) is 2.61. The summed E-state index contributed by atoms with van der Waals surface area (Å²) in [5, 5.41) is 2.88. The second-order valence-electron chi connectivity index (χ2n) is 9.16. The third-order valence-corrected chi connectivity index (χ3v) is 7.01. The minimum Gasteiger partial charge on any atom is -0.355 e. The number of halogens is 1. The Hall–Kier alpha value is -3.78. The van der Waals surface area contributed by atoms with Crippen molar-refractivity contribution in [2.24, 2.45) is 0 Å². The topological polar surface area (TPSA) is 86.8 Å². The van der Waals surface area contributed by atoms with Gasteiger partial charge in [0.15, 0.2) is 0 Å². The van der Waals surface area contributed by atoms with Gasteiger partial charge < -0.3 is 10.2 Å². The van der Waals surface area contributed by atoms with Crippen LogP contribution in [0.2, 0.25) is 0 Å². The Morgan fingerprint density at radius 3 is 2.16 bits per heavy atom. The van der Waals surface area contributed by atoms with Gasteiger partial charge in [0.1, 0.15) is 6.04 Å². The van der Waals surface area contributed by atoms with Crippen molar-refractivity contribution in [2.75, 3.05) is 13.1 Å². The molecule has 1 N–H and O–H groups in total. The van der Waals surface area contributed by atoms with E-state index in [9.17, 15) is 19.2 Å². The molecule has 3 aromatic rings. The van der Waals surface area contributed by atoms with Gasteiger partial charge in [-0.05, 0) is 48.7 Å². The first kappa shape index (κ1) is 27.3. The molecule has 0 bridgehead atoms. The first-order valence-corrected chi connectivity index (χ1v) is 13.5. The molecule has 4 rings (SSSR count). The molecular formula is C30H30BrN3O4. The predicted octanol–water partition coefficient (Wildman–Crippen LogP) is 4.60. The van der Waals surface area contributed by atoms with Gasteiger partial charge in [-0.1, -0.05) is 70.5 Å². The van der Waals surface area contributed by atoms with Gasteiger partial charge in [-0.2, -0.15) is 0 Å². The van der Waals surface area contributed by atoms with E-state index in [0.29, 0.717) is 30.5 Å². The lowest BCUT2D eigenvalue weighted by Crippen LogP contribution is -2.50. The molecule has 1 atom stereocenters. The first-order chi connectivity index (χ1) is 18.4. The van der Waals surface area contributed by atoms with Crippen molar-refractivity contribution in [3.8, 4) is 0 Å². The summed E-state index contributed by atoms with van der Waals surface area (Å²) in [5.74, 6) is -1.12. The molecule has 0 fully saturated rings. The molecular weight excluding hydrogens is 546 g/mol. The molecule has 0 radical (unpaired) electrons. The molecule has 0 spiro atoms. The molecule has 4 amide bonds. The number of hydrogen-bond donors (Lipinski definition) is 1. The van der Waals surface area contributed by atoms with Crippen LogP contribution in [0.3, 0.4) is 0 Å². The van der Waals surface area contributed by atoms with Crippen molar-refractivity contribution in [3.63, 3.8) is 0 Å². The predicted molar refractivity (Wildman–Crippen MR) is 148 cm³/mol. The fourth-order valence-corrected chi connectivity index (χ4v) is 5.10. The number of benzene rings is 3. The third-order valence-electron chi connectivity index (χ3n) is 6.51. The zero-order valence-corrected chi connectivity index (χ0v) is 22.8. The zero-order chi connectivity index (χ0) is 27.1. The Balaban J connectivity index is 1.53. The summed E-state index contributed by atoms with van der Waals surface area (Å²) in [4.78, 5) is 55.1. The maximum Gasteiger partial charge on any atom is 0.261 e. The number of likely N-dealkylation sites (N-methyl/N-ethyl adjacent to an activating group) is 1. The molecule has 196 valence electrons. The molecule has 7 nitrogen and oxygen atoms in total. The average Bonchev–Trinajstić information content (AvgIpc) is 3.16. The number of imide groups is 1. The van der Waals surface area contributed by atoms with Crippen molar-refractivity contribution in [3.05, 3.63) is 106 Å². The minimum absolute atomic E-state index is 0.0894. The molecule has 1 aliphatic rings. The lowest BCUT2D eigenvalue weighted by Gasteiger charge is -2.31. The minimum atomic E-state index is -0.719. The normalized spacial score (nSPS) is 13.3. The number of carbonyl (C=O) groups excluding carboxylic acids is 4. The molecule has 0 unspecified atom stereocenters. The Bertz CT molecular complexity index is 1290. The maximum absolute atomic E-state index is 13.7. The molecule has 1 heterocycles. The lowest BCUT2D eigenvalue weighted by molar-refractivity contribution is -0.141. The van der Waals surface area contributed by atoms with Gasteiger partial charge in [0.25, 0.3) is 11.8 Å². The molecule has 0 saturated carbocycles. The Kier molecular flexibility index (Phi) is 9.07. The van der Waals surface area contributed by atoms with E-state index in [1.54, 1.807) is 29.2 Å². The summed E-state index contributed by atoms with van der Waals surface area (Å²) in [6.07, 6.45) is 0.754. The molecule has 0 aliphatic carbocycles. The van der Waals surface area contributed by atoms with Gasteiger partial charge in [0, 0.05) is 36.9 Å². The Labute approximate surface area is 231 Å². The van der Waals surface area contributed by atoms with E-state index in [1.165, 1.54) is 4.90 Å². The van der Waals surface area contributed by atoms with E-state index in [-0.39, 0.29) is 43.1 Å². The highest BCUT2D eigenvalue weighted by atomic mass is 79.9. The first-order valence-electron chi connectivity index (χ1n) is 12.7. The monoisotopic (exact) mass is 575 g/mol.